The fourth-order valence-electron chi connectivity index (χ4n) is 2.93. The van der Waals surface area contributed by atoms with E-state index in [9.17, 15) is 4.79 Å². The molecule has 6 heteroatoms. The molecule has 0 saturated carbocycles. The first-order valence-electron chi connectivity index (χ1n) is 9.00. The Hall–Kier alpha value is -2.47. The Morgan fingerprint density at radius 3 is 2.31 bits per heavy atom. The number of nitrogens with zero attached hydrogens (tertiary/aromatic N) is 4. The second-order valence-electron chi connectivity index (χ2n) is 7.83. The van der Waals surface area contributed by atoms with Crippen LogP contribution in [-0.4, -0.2) is 54.0 Å². The lowest BCUT2D eigenvalue weighted by Crippen LogP contribution is -2.44. The maximum Gasteiger partial charge on any atom is 0.256 e. The maximum absolute atomic E-state index is 12.5. The van der Waals surface area contributed by atoms with Gasteiger partial charge in [0.2, 0.25) is 0 Å². The minimum atomic E-state index is -0.159. The Bertz CT molecular complexity index is 759. The van der Waals surface area contributed by atoms with E-state index in [-0.39, 0.29) is 11.3 Å². The molecule has 3 rings (SSSR count). The van der Waals surface area contributed by atoms with Crippen LogP contribution in [0.4, 0.5) is 11.6 Å². The van der Waals surface area contributed by atoms with Gasteiger partial charge >= 0.3 is 0 Å². The van der Waals surface area contributed by atoms with Crippen molar-refractivity contribution in [3.63, 3.8) is 0 Å². The summed E-state index contributed by atoms with van der Waals surface area (Å²) in [6, 6.07) is 9.57. The first-order chi connectivity index (χ1) is 12.3. The van der Waals surface area contributed by atoms with E-state index in [0.29, 0.717) is 11.4 Å². The standard InChI is InChI=1S/C20H27N5O/c1-20(2,3)16-7-5-15(6-8-16)19(26)23-17-13-18(22-14-21-17)25-11-9-24(4)10-12-25/h5-8,13-14H,9-12H2,1-4H3,(H,21,22,23,26). The molecule has 0 radical (unpaired) electrons. The van der Waals surface area contributed by atoms with Crippen molar-refractivity contribution in [1.29, 1.82) is 0 Å². The molecule has 1 fully saturated rings. The minimum Gasteiger partial charge on any atom is -0.354 e. The van der Waals surface area contributed by atoms with Gasteiger partial charge in [0.15, 0.2) is 0 Å². The molecule has 2 aromatic rings. The molecule has 0 bridgehead atoms. The van der Waals surface area contributed by atoms with E-state index < -0.39 is 0 Å². The Kier molecular flexibility index (Phi) is 5.23. The number of likely N-dealkylation sites (N-methyl/N-ethyl adjacent to an activating group) is 1. The SMILES string of the molecule is CN1CCN(c2cc(NC(=O)c3ccc(C(C)(C)C)cc3)ncn2)CC1. The summed E-state index contributed by atoms with van der Waals surface area (Å²) in [7, 11) is 2.12. The van der Waals surface area contributed by atoms with E-state index in [1.165, 1.54) is 11.9 Å². The van der Waals surface area contributed by atoms with Crippen LogP contribution in [0, 0.1) is 0 Å². The van der Waals surface area contributed by atoms with Gasteiger partial charge in [-0.2, -0.15) is 0 Å². The van der Waals surface area contributed by atoms with Crippen LogP contribution in [0.3, 0.4) is 0 Å². The van der Waals surface area contributed by atoms with Gasteiger partial charge in [-0.3, -0.25) is 4.79 Å². The summed E-state index contributed by atoms with van der Waals surface area (Å²) in [6.07, 6.45) is 1.51. The van der Waals surface area contributed by atoms with Crippen molar-refractivity contribution in [2.24, 2.45) is 0 Å². The molecule has 1 N–H and O–H groups in total. The number of carbonyl (C=O) groups is 1. The van der Waals surface area contributed by atoms with Crippen molar-refractivity contribution in [2.75, 3.05) is 43.4 Å². The second kappa shape index (κ2) is 7.41. The number of anilines is 2. The molecular weight excluding hydrogens is 326 g/mol. The zero-order valence-corrected chi connectivity index (χ0v) is 16.0. The average Bonchev–Trinajstić information content (AvgIpc) is 2.62. The van der Waals surface area contributed by atoms with Gasteiger partial charge in [-0.05, 0) is 30.2 Å². The molecule has 26 heavy (non-hydrogen) atoms. The monoisotopic (exact) mass is 353 g/mol. The lowest BCUT2D eigenvalue weighted by Gasteiger charge is -2.33. The summed E-state index contributed by atoms with van der Waals surface area (Å²) >= 11 is 0. The number of piperazine rings is 1. The van der Waals surface area contributed by atoms with Crippen LogP contribution in [0.5, 0.6) is 0 Å². The molecule has 1 saturated heterocycles. The highest BCUT2D eigenvalue weighted by molar-refractivity contribution is 6.03. The highest BCUT2D eigenvalue weighted by atomic mass is 16.1. The van der Waals surface area contributed by atoms with E-state index in [0.717, 1.165) is 32.0 Å². The van der Waals surface area contributed by atoms with Crippen LogP contribution < -0.4 is 10.2 Å². The fourth-order valence-corrected chi connectivity index (χ4v) is 2.93. The molecule has 1 aromatic heterocycles. The zero-order valence-electron chi connectivity index (χ0n) is 16.0. The summed E-state index contributed by atoms with van der Waals surface area (Å²) in [5.41, 5.74) is 1.89. The van der Waals surface area contributed by atoms with Crippen LogP contribution in [0.1, 0.15) is 36.7 Å². The number of rotatable bonds is 3. The van der Waals surface area contributed by atoms with Crippen molar-refractivity contribution >= 4 is 17.5 Å². The smallest absolute Gasteiger partial charge is 0.256 e. The third kappa shape index (κ3) is 4.38. The van der Waals surface area contributed by atoms with Crippen molar-refractivity contribution in [3.05, 3.63) is 47.8 Å². The lowest BCUT2D eigenvalue weighted by molar-refractivity contribution is 0.102. The largest absolute Gasteiger partial charge is 0.354 e. The molecule has 0 spiro atoms. The third-order valence-electron chi connectivity index (χ3n) is 4.73. The van der Waals surface area contributed by atoms with Crippen molar-refractivity contribution < 1.29 is 4.79 Å². The van der Waals surface area contributed by atoms with E-state index in [4.69, 9.17) is 0 Å². The number of carbonyl (C=O) groups excluding carboxylic acids is 1. The molecule has 0 aliphatic carbocycles. The number of hydrogen-bond donors (Lipinski definition) is 1. The van der Waals surface area contributed by atoms with E-state index in [1.807, 2.05) is 30.3 Å². The molecule has 138 valence electrons. The quantitative estimate of drug-likeness (QED) is 0.919. The van der Waals surface area contributed by atoms with Crippen molar-refractivity contribution in [2.45, 2.75) is 26.2 Å². The minimum absolute atomic E-state index is 0.0685. The first kappa shape index (κ1) is 18.3. The summed E-state index contributed by atoms with van der Waals surface area (Å²) in [4.78, 5) is 25.6. The third-order valence-corrected chi connectivity index (χ3v) is 4.73. The Morgan fingerprint density at radius 1 is 1.04 bits per heavy atom. The van der Waals surface area contributed by atoms with Gasteiger partial charge in [0.25, 0.3) is 5.91 Å². The zero-order chi connectivity index (χ0) is 18.7. The topological polar surface area (TPSA) is 61.4 Å². The molecule has 1 amide bonds. The van der Waals surface area contributed by atoms with Crippen LogP contribution >= 0.6 is 0 Å². The van der Waals surface area contributed by atoms with E-state index in [2.05, 4.69) is 52.9 Å². The molecule has 1 aliphatic heterocycles. The molecule has 1 aliphatic rings. The molecule has 0 atom stereocenters. The second-order valence-corrected chi connectivity index (χ2v) is 7.83. The fraction of sp³-hybridized carbons (Fsp3) is 0.450. The van der Waals surface area contributed by atoms with Gasteiger partial charge < -0.3 is 15.1 Å². The number of amides is 1. The molecular formula is C20H27N5O. The highest BCUT2D eigenvalue weighted by Crippen LogP contribution is 2.22. The Labute approximate surface area is 155 Å². The number of hydrogen-bond acceptors (Lipinski definition) is 5. The van der Waals surface area contributed by atoms with Crippen LogP contribution in [0.2, 0.25) is 0 Å². The normalized spacial score (nSPS) is 15.8. The first-order valence-corrected chi connectivity index (χ1v) is 9.00. The van der Waals surface area contributed by atoms with Gasteiger partial charge in [-0.25, -0.2) is 9.97 Å². The van der Waals surface area contributed by atoms with Gasteiger partial charge in [-0.1, -0.05) is 32.9 Å². The van der Waals surface area contributed by atoms with Gasteiger partial charge in [0.05, 0.1) is 0 Å². The predicted molar refractivity (Wildman–Crippen MR) is 105 cm³/mol. The maximum atomic E-state index is 12.5. The lowest BCUT2D eigenvalue weighted by atomic mass is 9.87. The average molecular weight is 353 g/mol. The summed E-state index contributed by atoms with van der Waals surface area (Å²) in [6.45, 7) is 10.3. The van der Waals surface area contributed by atoms with Gasteiger partial charge in [0, 0.05) is 37.8 Å². The van der Waals surface area contributed by atoms with Gasteiger partial charge in [-0.15, -0.1) is 0 Å². The Balaban J connectivity index is 1.68. The van der Waals surface area contributed by atoms with Crippen LogP contribution in [-0.2, 0) is 5.41 Å². The van der Waals surface area contributed by atoms with E-state index in [1.54, 1.807) is 0 Å². The van der Waals surface area contributed by atoms with Crippen molar-refractivity contribution in [1.82, 2.24) is 14.9 Å². The van der Waals surface area contributed by atoms with Crippen LogP contribution in [0.15, 0.2) is 36.7 Å². The number of nitrogens with one attached hydrogen (secondary N) is 1. The predicted octanol–water partition coefficient (Wildman–Crippen LogP) is 2.78. The molecule has 0 unspecified atom stereocenters. The molecule has 6 nitrogen and oxygen atoms in total. The number of aromatic nitrogens is 2. The van der Waals surface area contributed by atoms with E-state index >= 15 is 0 Å². The summed E-state index contributed by atoms with van der Waals surface area (Å²) < 4.78 is 0. The summed E-state index contributed by atoms with van der Waals surface area (Å²) in [5.74, 6) is 1.22. The molecule has 1 aromatic carbocycles. The molecule has 2 heterocycles. The van der Waals surface area contributed by atoms with Crippen molar-refractivity contribution in [3.8, 4) is 0 Å². The number of benzene rings is 1. The Morgan fingerprint density at radius 2 is 1.69 bits per heavy atom. The van der Waals surface area contributed by atoms with Crippen LogP contribution in [0.25, 0.3) is 0 Å². The highest BCUT2D eigenvalue weighted by Gasteiger charge is 2.17. The summed E-state index contributed by atoms with van der Waals surface area (Å²) in [5, 5.41) is 2.88. The van der Waals surface area contributed by atoms with Gasteiger partial charge in [0.1, 0.15) is 18.0 Å².